The second-order valence-corrected chi connectivity index (χ2v) is 6.93. The average molecular weight is 301 g/mol. The van der Waals surface area contributed by atoms with Crippen molar-refractivity contribution in [3.63, 3.8) is 0 Å². The highest BCUT2D eigenvalue weighted by atomic mass is 32.1. The van der Waals surface area contributed by atoms with Gasteiger partial charge < -0.3 is 10.6 Å². The number of nitrogens with zero attached hydrogens (tertiary/aromatic N) is 2. The van der Waals surface area contributed by atoms with Gasteiger partial charge in [-0.05, 0) is 36.8 Å². The van der Waals surface area contributed by atoms with Gasteiger partial charge in [0, 0.05) is 54.7 Å². The molecule has 1 aliphatic heterocycles. The minimum atomic E-state index is 0.659. The monoisotopic (exact) mass is 301 g/mol. The minimum absolute atomic E-state index is 0.659. The normalized spacial score (nSPS) is 16.4. The summed E-state index contributed by atoms with van der Waals surface area (Å²) < 4.78 is 0. The van der Waals surface area contributed by atoms with E-state index in [1.165, 1.54) is 21.0 Å². The molecule has 1 aliphatic rings. The summed E-state index contributed by atoms with van der Waals surface area (Å²) in [6.45, 7) is 8.36. The first-order valence-corrected chi connectivity index (χ1v) is 8.38. The zero-order chi connectivity index (χ0) is 14.7. The van der Waals surface area contributed by atoms with E-state index >= 15 is 0 Å². The first kappa shape index (κ1) is 14.6. The molecule has 3 nitrogen and oxygen atoms in total. The standard InChI is InChI=1S/C17H23N3S/c1-14-3-2-4-15(11-14)20-9-7-19(8-10-20)13-17-6-5-16(12-18)21-17/h2-6,11H,7-10,12-13,18H2,1H3. The molecule has 0 radical (unpaired) electrons. The van der Waals surface area contributed by atoms with E-state index in [0.717, 1.165) is 32.7 Å². The molecule has 0 spiro atoms. The molecular weight excluding hydrogens is 278 g/mol. The molecule has 2 heterocycles. The Labute approximate surface area is 131 Å². The smallest absolute Gasteiger partial charge is 0.0369 e. The molecule has 0 amide bonds. The maximum absolute atomic E-state index is 5.68. The van der Waals surface area contributed by atoms with E-state index in [1.807, 2.05) is 11.3 Å². The Kier molecular flexibility index (Phi) is 4.58. The second kappa shape index (κ2) is 6.60. The minimum Gasteiger partial charge on any atom is -0.369 e. The number of hydrogen-bond acceptors (Lipinski definition) is 4. The molecule has 1 fully saturated rings. The molecule has 4 heteroatoms. The highest BCUT2D eigenvalue weighted by Gasteiger charge is 2.17. The van der Waals surface area contributed by atoms with Crippen molar-refractivity contribution in [2.45, 2.75) is 20.0 Å². The zero-order valence-corrected chi connectivity index (χ0v) is 13.4. The van der Waals surface area contributed by atoms with E-state index in [9.17, 15) is 0 Å². The van der Waals surface area contributed by atoms with Crippen molar-refractivity contribution in [2.75, 3.05) is 31.1 Å². The fourth-order valence-electron chi connectivity index (χ4n) is 2.83. The Morgan fingerprint density at radius 1 is 1.05 bits per heavy atom. The van der Waals surface area contributed by atoms with Crippen LogP contribution in [0.25, 0.3) is 0 Å². The third-order valence-electron chi connectivity index (χ3n) is 4.04. The number of hydrogen-bond donors (Lipinski definition) is 1. The van der Waals surface area contributed by atoms with Crippen LogP contribution in [0.2, 0.25) is 0 Å². The molecule has 21 heavy (non-hydrogen) atoms. The Hall–Kier alpha value is -1.36. The fraction of sp³-hybridized carbons (Fsp3) is 0.412. The summed E-state index contributed by atoms with van der Waals surface area (Å²) >= 11 is 1.85. The molecule has 2 aromatic rings. The molecule has 0 saturated carbocycles. The lowest BCUT2D eigenvalue weighted by atomic mass is 10.2. The van der Waals surface area contributed by atoms with Gasteiger partial charge in [-0.15, -0.1) is 11.3 Å². The maximum atomic E-state index is 5.68. The molecule has 2 N–H and O–H groups in total. The zero-order valence-electron chi connectivity index (χ0n) is 12.6. The first-order chi connectivity index (χ1) is 10.2. The van der Waals surface area contributed by atoms with Crippen LogP contribution >= 0.6 is 11.3 Å². The quantitative estimate of drug-likeness (QED) is 0.942. The lowest BCUT2D eigenvalue weighted by Gasteiger charge is -2.36. The van der Waals surface area contributed by atoms with Gasteiger partial charge in [0.05, 0.1) is 0 Å². The van der Waals surface area contributed by atoms with Crippen molar-refractivity contribution in [1.82, 2.24) is 4.90 Å². The molecule has 112 valence electrons. The lowest BCUT2D eigenvalue weighted by Crippen LogP contribution is -2.45. The Morgan fingerprint density at radius 2 is 1.81 bits per heavy atom. The number of aryl methyl sites for hydroxylation is 1. The van der Waals surface area contributed by atoms with Crippen molar-refractivity contribution in [3.05, 3.63) is 51.7 Å². The molecule has 1 saturated heterocycles. The number of rotatable bonds is 4. The topological polar surface area (TPSA) is 32.5 Å². The van der Waals surface area contributed by atoms with E-state index < -0.39 is 0 Å². The van der Waals surface area contributed by atoms with Crippen LogP contribution in [-0.4, -0.2) is 31.1 Å². The fourth-order valence-corrected chi connectivity index (χ4v) is 3.77. The van der Waals surface area contributed by atoms with Gasteiger partial charge in [0.15, 0.2) is 0 Å². The van der Waals surface area contributed by atoms with Crippen molar-refractivity contribution in [2.24, 2.45) is 5.73 Å². The van der Waals surface area contributed by atoms with E-state index in [2.05, 4.69) is 53.1 Å². The van der Waals surface area contributed by atoms with Crippen LogP contribution in [0.4, 0.5) is 5.69 Å². The van der Waals surface area contributed by atoms with Gasteiger partial charge in [0.2, 0.25) is 0 Å². The van der Waals surface area contributed by atoms with Crippen molar-refractivity contribution in [1.29, 1.82) is 0 Å². The van der Waals surface area contributed by atoms with Crippen LogP contribution in [0.5, 0.6) is 0 Å². The average Bonchev–Trinajstić information content (AvgIpc) is 2.96. The molecule has 1 aromatic carbocycles. The summed E-state index contributed by atoms with van der Waals surface area (Å²) in [5.41, 5.74) is 8.37. The van der Waals surface area contributed by atoms with Crippen LogP contribution in [0.1, 0.15) is 15.3 Å². The van der Waals surface area contributed by atoms with Gasteiger partial charge in [-0.25, -0.2) is 0 Å². The first-order valence-electron chi connectivity index (χ1n) is 7.56. The van der Waals surface area contributed by atoms with E-state index in [0.29, 0.717) is 6.54 Å². The number of piperazine rings is 1. The number of benzene rings is 1. The predicted molar refractivity (Wildman–Crippen MR) is 90.9 cm³/mol. The molecule has 0 aliphatic carbocycles. The summed E-state index contributed by atoms with van der Waals surface area (Å²) in [5.74, 6) is 0. The third kappa shape index (κ3) is 3.64. The predicted octanol–water partition coefficient (Wildman–Crippen LogP) is 2.84. The van der Waals surface area contributed by atoms with E-state index in [4.69, 9.17) is 5.73 Å². The van der Waals surface area contributed by atoms with E-state index in [-0.39, 0.29) is 0 Å². The van der Waals surface area contributed by atoms with Crippen LogP contribution < -0.4 is 10.6 Å². The van der Waals surface area contributed by atoms with Crippen molar-refractivity contribution in [3.8, 4) is 0 Å². The largest absolute Gasteiger partial charge is 0.369 e. The number of nitrogens with two attached hydrogens (primary N) is 1. The van der Waals surface area contributed by atoms with Gasteiger partial charge in [0.1, 0.15) is 0 Å². The summed E-state index contributed by atoms with van der Waals surface area (Å²) in [4.78, 5) is 7.74. The van der Waals surface area contributed by atoms with Gasteiger partial charge in [-0.3, -0.25) is 4.90 Å². The van der Waals surface area contributed by atoms with Crippen LogP contribution in [0.3, 0.4) is 0 Å². The Balaban J connectivity index is 1.55. The van der Waals surface area contributed by atoms with E-state index in [1.54, 1.807) is 0 Å². The molecular formula is C17H23N3S. The maximum Gasteiger partial charge on any atom is 0.0369 e. The summed E-state index contributed by atoms with van der Waals surface area (Å²) in [6.07, 6.45) is 0. The summed E-state index contributed by atoms with van der Waals surface area (Å²) in [7, 11) is 0. The van der Waals surface area contributed by atoms with Crippen molar-refractivity contribution >= 4 is 17.0 Å². The number of thiophene rings is 1. The van der Waals surface area contributed by atoms with Gasteiger partial charge in [-0.2, -0.15) is 0 Å². The Bertz CT molecular complexity index is 585. The molecule has 0 bridgehead atoms. The highest BCUT2D eigenvalue weighted by Crippen LogP contribution is 2.21. The van der Waals surface area contributed by atoms with Crippen LogP contribution in [-0.2, 0) is 13.1 Å². The molecule has 1 aromatic heterocycles. The second-order valence-electron chi connectivity index (χ2n) is 5.67. The van der Waals surface area contributed by atoms with Gasteiger partial charge in [0.25, 0.3) is 0 Å². The van der Waals surface area contributed by atoms with Gasteiger partial charge in [-0.1, -0.05) is 12.1 Å². The summed E-state index contributed by atoms with van der Waals surface area (Å²) in [6, 6.07) is 13.2. The molecule has 3 rings (SSSR count). The molecule has 0 unspecified atom stereocenters. The Morgan fingerprint density at radius 3 is 2.48 bits per heavy atom. The SMILES string of the molecule is Cc1cccc(N2CCN(Cc3ccc(CN)s3)CC2)c1. The third-order valence-corrected chi connectivity index (χ3v) is 5.13. The van der Waals surface area contributed by atoms with Crippen LogP contribution in [0.15, 0.2) is 36.4 Å². The highest BCUT2D eigenvalue weighted by molar-refractivity contribution is 7.11. The van der Waals surface area contributed by atoms with Crippen molar-refractivity contribution < 1.29 is 0 Å². The number of anilines is 1. The molecule has 0 atom stereocenters. The van der Waals surface area contributed by atoms with Crippen LogP contribution in [0, 0.1) is 6.92 Å². The van der Waals surface area contributed by atoms with Gasteiger partial charge >= 0.3 is 0 Å². The lowest BCUT2D eigenvalue weighted by molar-refractivity contribution is 0.252. The summed E-state index contributed by atoms with van der Waals surface area (Å²) in [5, 5.41) is 0.